The van der Waals surface area contributed by atoms with Crippen LogP contribution < -0.4 is 9.47 Å². The highest BCUT2D eigenvalue weighted by Crippen LogP contribution is 2.26. The van der Waals surface area contributed by atoms with Gasteiger partial charge in [0.15, 0.2) is 0 Å². The van der Waals surface area contributed by atoms with E-state index in [-0.39, 0.29) is 11.4 Å². The normalized spacial score (nSPS) is 11.0. The first-order chi connectivity index (χ1) is 11.3. The van der Waals surface area contributed by atoms with Gasteiger partial charge in [-0.15, -0.1) is 0 Å². The molecule has 0 spiro atoms. The molecule has 2 aromatic rings. The molecule has 0 aromatic heterocycles. The van der Waals surface area contributed by atoms with Gasteiger partial charge >= 0.3 is 0 Å². The molecule has 0 aliphatic carbocycles. The van der Waals surface area contributed by atoms with Crippen molar-refractivity contribution < 1.29 is 14.3 Å². The number of carbonyl (C=O) groups is 1. The van der Waals surface area contributed by atoms with Crippen LogP contribution >= 0.6 is 0 Å². The Bertz CT molecular complexity index is 668. The molecule has 0 radical (unpaired) electrons. The van der Waals surface area contributed by atoms with Crippen LogP contribution in [0.4, 0.5) is 0 Å². The van der Waals surface area contributed by atoms with Crippen molar-refractivity contribution in [1.29, 1.82) is 0 Å². The van der Waals surface area contributed by atoms with Crippen LogP contribution in [0, 0.1) is 0 Å². The zero-order valence-electron chi connectivity index (χ0n) is 15.0. The Morgan fingerprint density at radius 3 is 1.96 bits per heavy atom. The molecule has 0 saturated carbocycles. The van der Waals surface area contributed by atoms with Crippen molar-refractivity contribution in [3.8, 4) is 11.5 Å². The van der Waals surface area contributed by atoms with Crippen molar-refractivity contribution in [2.24, 2.45) is 0 Å². The first-order valence-electron chi connectivity index (χ1n) is 7.94. The fourth-order valence-corrected chi connectivity index (χ4v) is 2.47. The van der Waals surface area contributed by atoms with Crippen molar-refractivity contribution in [3.05, 3.63) is 59.7 Å². The molecule has 2 aromatic carbocycles. The van der Waals surface area contributed by atoms with Crippen LogP contribution in [0.25, 0.3) is 0 Å². The fourth-order valence-electron chi connectivity index (χ4n) is 2.47. The molecule has 0 bridgehead atoms. The minimum Gasteiger partial charge on any atom is -0.497 e. The number of methoxy groups -OCH3 is 2. The third kappa shape index (κ3) is 4.28. The quantitative estimate of drug-likeness (QED) is 0.828. The second-order valence-electron chi connectivity index (χ2n) is 6.65. The first-order valence-corrected chi connectivity index (χ1v) is 7.94. The van der Waals surface area contributed by atoms with Crippen LogP contribution in [0.15, 0.2) is 48.5 Å². The van der Waals surface area contributed by atoms with E-state index in [0.29, 0.717) is 23.6 Å². The number of nitrogens with zero attached hydrogens (tertiary/aromatic N) is 1. The molecule has 0 aliphatic rings. The summed E-state index contributed by atoms with van der Waals surface area (Å²) in [4.78, 5) is 15.0. The van der Waals surface area contributed by atoms with E-state index in [1.807, 2.05) is 56.0 Å². The minimum atomic E-state index is -0.316. The van der Waals surface area contributed by atoms with Crippen molar-refractivity contribution in [3.63, 3.8) is 0 Å². The summed E-state index contributed by atoms with van der Waals surface area (Å²) in [6, 6.07) is 15.2. The van der Waals surface area contributed by atoms with Crippen LogP contribution in [-0.4, -0.2) is 30.6 Å². The molecular formula is C20H25NO3. The molecule has 0 unspecified atom stereocenters. The minimum absolute atomic E-state index is 0.0523. The van der Waals surface area contributed by atoms with Gasteiger partial charge in [-0.2, -0.15) is 0 Å². The van der Waals surface area contributed by atoms with E-state index in [4.69, 9.17) is 9.47 Å². The smallest absolute Gasteiger partial charge is 0.254 e. The van der Waals surface area contributed by atoms with E-state index in [1.54, 1.807) is 32.4 Å². The summed E-state index contributed by atoms with van der Waals surface area (Å²) in [7, 11) is 3.16. The molecule has 0 atom stereocenters. The van der Waals surface area contributed by atoms with Crippen LogP contribution in [0.5, 0.6) is 11.5 Å². The van der Waals surface area contributed by atoms with E-state index in [1.165, 1.54) is 0 Å². The van der Waals surface area contributed by atoms with Gasteiger partial charge in [-0.25, -0.2) is 0 Å². The number of rotatable bonds is 5. The van der Waals surface area contributed by atoms with Gasteiger partial charge in [0, 0.05) is 23.7 Å². The van der Waals surface area contributed by atoms with E-state index in [9.17, 15) is 4.79 Å². The number of amides is 1. The Morgan fingerprint density at radius 2 is 1.50 bits per heavy atom. The van der Waals surface area contributed by atoms with Crippen LogP contribution in [0.1, 0.15) is 36.7 Å². The molecule has 0 aliphatic heterocycles. The largest absolute Gasteiger partial charge is 0.497 e. The van der Waals surface area contributed by atoms with Gasteiger partial charge in [-0.05, 0) is 38.5 Å². The van der Waals surface area contributed by atoms with Crippen LogP contribution in [0.3, 0.4) is 0 Å². The average Bonchev–Trinajstić information content (AvgIpc) is 2.58. The molecule has 0 saturated heterocycles. The predicted octanol–water partition coefficient (Wildman–Crippen LogP) is 4.14. The summed E-state index contributed by atoms with van der Waals surface area (Å²) >= 11 is 0. The van der Waals surface area contributed by atoms with Crippen LogP contribution in [-0.2, 0) is 6.54 Å². The molecule has 0 heterocycles. The summed E-state index contributed by atoms with van der Waals surface area (Å²) in [6.45, 7) is 6.64. The Labute approximate surface area is 144 Å². The number of hydrogen-bond donors (Lipinski definition) is 0. The van der Waals surface area contributed by atoms with Gasteiger partial charge in [0.1, 0.15) is 11.5 Å². The maximum Gasteiger partial charge on any atom is 0.254 e. The Balaban J connectivity index is 2.38. The van der Waals surface area contributed by atoms with Crippen LogP contribution in [0.2, 0.25) is 0 Å². The molecule has 1 amide bonds. The highest BCUT2D eigenvalue weighted by Gasteiger charge is 2.28. The lowest BCUT2D eigenvalue weighted by Gasteiger charge is -2.36. The molecule has 24 heavy (non-hydrogen) atoms. The molecular weight excluding hydrogens is 302 g/mol. The molecule has 4 nitrogen and oxygen atoms in total. The van der Waals surface area contributed by atoms with E-state index in [0.717, 1.165) is 5.56 Å². The molecule has 4 heteroatoms. The van der Waals surface area contributed by atoms with Crippen molar-refractivity contribution in [2.45, 2.75) is 32.9 Å². The third-order valence-electron chi connectivity index (χ3n) is 3.84. The van der Waals surface area contributed by atoms with Gasteiger partial charge in [0.2, 0.25) is 0 Å². The molecule has 0 fully saturated rings. The summed E-state index contributed by atoms with van der Waals surface area (Å²) in [5.41, 5.74) is 1.33. The Kier molecular flexibility index (Phi) is 5.50. The van der Waals surface area contributed by atoms with Gasteiger partial charge in [-0.3, -0.25) is 4.79 Å². The zero-order chi connectivity index (χ0) is 17.7. The summed E-state index contributed by atoms with van der Waals surface area (Å²) < 4.78 is 10.6. The SMILES string of the molecule is COc1cc(OC)cc(C(=O)N(Cc2ccccc2)C(C)(C)C)c1. The van der Waals surface area contributed by atoms with Crippen molar-refractivity contribution in [2.75, 3.05) is 14.2 Å². The number of ether oxygens (including phenoxy) is 2. The number of benzene rings is 2. The lowest BCUT2D eigenvalue weighted by atomic mass is 10.0. The first kappa shape index (κ1) is 17.9. The summed E-state index contributed by atoms with van der Waals surface area (Å²) in [6.07, 6.45) is 0. The topological polar surface area (TPSA) is 38.8 Å². The fraction of sp³-hybridized carbons (Fsp3) is 0.350. The van der Waals surface area contributed by atoms with Gasteiger partial charge < -0.3 is 14.4 Å². The molecule has 128 valence electrons. The molecule has 0 N–H and O–H groups in total. The van der Waals surface area contributed by atoms with E-state index < -0.39 is 0 Å². The van der Waals surface area contributed by atoms with E-state index >= 15 is 0 Å². The van der Waals surface area contributed by atoms with E-state index in [2.05, 4.69) is 0 Å². The Morgan fingerprint density at radius 1 is 0.958 bits per heavy atom. The van der Waals surface area contributed by atoms with Crippen molar-refractivity contribution >= 4 is 5.91 Å². The lowest BCUT2D eigenvalue weighted by molar-refractivity contribution is 0.0558. The van der Waals surface area contributed by atoms with Crippen molar-refractivity contribution in [1.82, 2.24) is 4.90 Å². The zero-order valence-corrected chi connectivity index (χ0v) is 15.0. The maximum absolute atomic E-state index is 13.1. The highest BCUT2D eigenvalue weighted by atomic mass is 16.5. The second kappa shape index (κ2) is 7.39. The van der Waals surface area contributed by atoms with Gasteiger partial charge in [0.05, 0.1) is 14.2 Å². The highest BCUT2D eigenvalue weighted by molar-refractivity contribution is 5.95. The average molecular weight is 327 g/mol. The lowest BCUT2D eigenvalue weighted by Crippen LogP contribution is -2.45. The predicted molar refractivity (Wildman–Crippen MR) is 95.6 cm³/mol. The summed E-state index contributed by atoms with van der Waals surface area (Å²) in [5.74, 6) is 1.15. The monoisotopic (exact) mass is 327 g/mol. The maximum atomic E-state index is 13.1. The second-order valence-corrected chi connectivity index (χ2v) is 6.65. The number of carbonyl (C=O) groups excluding carboxylic acids is 1. The summed E-state index contributed by atoms with van der Waals surface area (Å²) in [5, 5.41) is 0. The Hall–Kier alpha value is -2.49. The van der Waals surface area contributed by atoms with Gasteiger partial charge in [-0.1, -0.05) is 30.3 Å². The standard InChI is InChI=1S/C20H25NO3/c1-20(2,3)21(14-15-9-7-6-8-10-15)19(22)16-11-17(23-4)13-18(12-16)24-5/h6-13H,14H2,1-5H3. The third-order valence-corrected chi connectivity index (χ3v) is 3.84. The van der Waals surface area contributed by atoms with Gasteiger partial charge in [0.25, 0.3) is 5.91 Å². The number of hydrogen-bond acceptors (Lipinski definition) is 3. The molecule has 2 rings (SSSR count).